The van der Waals surface area contributed by atoms with Crippen molar-refractivity contribution < 1.29 is 19.1 Å². The Hall–Kier alpha value is -2.44. The highest BCUT2D eigenvalue weighted by Gasteiger charge is 2.31. The van der Waals surface area contributed by atoms with Gasteiger partial charge in [0.1, 0.15) is 13.2 Å². The summed E-state index contributed by atoms with van der Waals surface area (Å²) in [5, 5.41) is 3.15. The van der Waals surface area contributed by atoms with E-state index in [0.29, 0.717) is 32.8 Å². The molecule has 0 radical (unpaired) electrons. The number of hydrogen-bond acceptors (Lipinski definition) is 4. The second kappa shape index (κ2) is 8.74. The molecule has 7 heteroatoms. The van der Waals surface area contributed by atoms with Crippen molar-refractivity contribution in [2.75, 3.05) is 45.9 Å². The van der Waals surface area contributed by atoms with E-state index in [2.05, 4.69) is 19.2 Å². The average Bonchev–Trinajstić information content (AvgIpc) is 3.32. The standard InChI is InChI=1S/C23H33N3O4/c1-23(2,18-5-6-19-20(15-18)30-14-13-29-19)16-24-21(27)17-7-11-26(12-8-17)22(28)25-9-3-4-10-25/h5-6,15,17H,3-4,7-14,16H2,1-2H3,(H,24,27). The summed E-state index contributed by atoms with van der Waals surface area (Å²) in [4.78, 5) is 29.1. The predicted octanol–water partition coefficient (Wildman–Crippen LogP) is 2.78. The molecule has 3 heterocycles. The Bertz CT molecular complexity index is 781. The zero-order chi connectivity index (χ0) is 21.1. The van der Waals surface area contributed by atoms with E-state index in [0.717, 1.165) is 55.8 Å². The molecule has 7 nitrogen and oxygen atoms in total. The first-order valence-corrected chi connectivity index (χ1v) is 11.2. The lowest BCUT2D eigenvalue weighted by Gasteiger charge is -2.34. The number of fused-ring (bicyclic) bond motifs is 1. The number of carbonyl (C=O) groups is 2. The number of piperidine rings is 1. The van der Waals surface area contributed by atoms with Gasteiger partial charge in [0, 0.05) is 44.1 Å². The van der Waals surface area contributed by atoms with Crippen molar-refractivity contribution in [1.29, 1.82) is 0 Å². The van der Waals surface area contributed by atoms with Crippen LogP contribution in [0.15, 0.2) is 18.2 Å². The number of rotatable bonds is 4. The Labute approximate surface area is 178 Å². The van der Waals surface area contributed by atoms with E-state index in [1.807, 2.05) is 28.0 Å². The molecule has 30 heavy (non-hydrogen) atoms. The summed E-state index contributed by atoms with van der Waals surface area (Å²) in [5.74, 6) is 1.62. The third-order valence-electron chi connectivity index (χ3n) is 6.54. The summed E-state index contributed by atoms with van der Waals surface area (Å²) in [6.07, 6.45) is 3.67. The number of carbonyl (C=O) groups excluding carboxylic acids is 2. The second-order valence-electron chi connectivity index (χ2n) is 9.20. The van der Waals surface area contributed by atoms with Gasteiger partial charge < -0.3 is 24.6 Å². The van der Waals surface area contributed by atoms with Crippen LogP contribution in [0, 0.1) is 5.92 Å². The molecule has 2 saturated heterocycles. The highest BCUT2D eigenvalue weighted by atomic mass is 16.6. The van der Waals surface area contributed by atoms with Crippen LogP contribution in [0.25, 0.3) is 0 Å². The summed E-state index contributed by atoms with van der Waals surface area (Å²) in [7, 11) is 0. The van der Waals surface area contributed by atoms with Gasteiger partial charge in [0.05, 0.1) is 0 Å². The molecule has 4 rings (SSSR count). The molecular weight excluding hydrogens is 382 g/mol. The molecule has 1 aromatic carbocycles. The van der Waals surface area contributed by atoms with Crippen molar-refractivity contribution >= 4 is 11.9 Å². The molecule has 2 fully saturated rings. The zero-order valence-corrected chi connectivity index (χ0v) is 18.1. The molecule has 0 saturated carbocycles. The number of amides is 3. The van der Waals surface area contributed by atoms with Crippen LogP contribution in [0.4, 0.5) is 4.79 Å². The zero-order valence-electron chi connectivity index (χ0n) is 18.1. The Morgan fingerprint density at radius 2 is 1.63 bits per heavy atom. The first-order chi connectivity index (χ1) is 14.4. The monoisotopic (exact) mass is 415 g/mol. The van der Waals surface area contributed by atoms with Crippen molar-refractivity contribution in [2.24, 2.45) is 5.92 Å². The van der Waals surface area contributed by atoms with Crippen LogP contribution >= 0.6 is 0 Å². The lowest BCUT2D eigenvalue weighted by molar-refractivity contribution is -0.126. The molecule has 3 aliphatic heterocycles. The van der Waals surface area contributed by atoms with Gasteiger partial charge in [0.15, 0.2) is 11.5 Å². The Morgan fingerprint density at radius 1 is 1.00 bits per heavy atom. The minimum absolute atomic E-state index is 0.0244. The van der Waals surface area contributed by atoms with E-state index in [1.54, 1.807) is 0 Å². The molecule has 0 atom stereocenters. The van der Waals surface area contributed by atoms with E-state index in [9.17, 15) is 9.59 Å². The molecular formula is C23H33N3O4. The van der Waals surface area contributed by atoms with Crippen LogP contribution in [0.3, 0.4) is 0 Å². The quantitative estimate of drug-likeness (QED) is 0.821. The molecule has 0 spiro atoms. The largest absolute Gasteiger partial charge is 0.486 e. The van der Waals surface area contributed by atoms with Crippen molar-refractivity contribution in [3.8, 4) is 11.5 Å². The first-order valence-electron chi connectivity index (χ1n) is 11.2. The molecule has 1 N–H and O–H groups in total. The van der Waals surface area contributed by atoms with Gasteiger partial charge in [-0.3, -0.25) is 4.79 Å². The highest BCUT2D eigenvalue weighted by Crippen LogP contribution is 2.35. The van der Waals surface area contributed by atoms with Gasteiger partial charge in [-0.2, -0.15) is 0 Å². The number of benzene rings is 1. The predicted molar refractivity (Wildman–Crippen MR) is 114 cm³/mol. The highest BCUT2D eigenvalue weighted by molar-refractivity contribution is 5.80. The molecule has 0 bridgehead atoms. The van der Waals surface area contributed by atoms with Gasteiger partial charge in [0.25, 0.3) is 0 Å². The topological polar surface area (TPSA) is 71.1 Å². The number of nitrogens with one attached hydrogen (secondary N) is 1. The van der Waals surface area contributed by atoms with Gasteiger partial charge >= 0.3 is 6.03 Å². The molecule has 0 aliphatic carbocycles. The van der Waals surface area contributed by atoms with Crippen LogP contribution in [0.5, 0.6) is 11.5 Å². The van der Waals surface area contributed by atoms with Crippen molar-refractivity contribution in [3.63, 3.8) is 0 Å². The lowest BCUT2D eigenvalue weighted by atomic mass is 9.84. The average molecular weight is 416 g/mol. The molecule has 164 valence electrons. The third kappa shape index (κ3) is 4.50. The van der Waals surface area contributed by atoms with Crippen LogP contribution in [0.1, 0.15) is 45.1 Å². The fourth-order valence-corrected chi connectivity index (χ4v) is 4.46. The lowest BCUT2D eigenvalue weighted by Crippen LogP contribution is -2.48. The van der Waals surface area contributed by atoms with Crippen molar-refractivity contribution in [2.45, 2.75) is 44.9 Å². The van der Waals surface area contributed by atoms with Crippen LogP contribution in [0.2, 0.25) is 0 Å². The summed E-state index contributed by atoms with van der Waals surface area (Å²) in [6.45, 7) is 9.01. The normalized spacial score (nSPS) is 19.7. The fraction of sp³-hybridized carbons (Fsp3) is 0.652. The molecule has 1 aromatic rings. The Kier molecular flexibility index (Phi) is 6.06. The maximum Gasteiger partial charge on any atom is 0.319 e. The van der Waals surface area contributed by atoms with E-state index in [-0.39, 0.29) is 23.3 Å². The van der Waals surface area contributed by atoms with Gasteiger partial charge in [-0.05, 0) is 43.4 Å². The SMILES string of the molecule is CC(C)(CNC(=O)C1CCN(C(=O)N2CCCC2)CC1)c1ccc2c(c1)OCCO2. The molecule has 3 aliphatic rings. The second-order valence-corrected chi connectivity index (χ2v) is 9.20. The molecule has 3 amide bonds. The summed E-state index contributed by atoms with van der Waals surface area (Å²) < 4.78 is 11.3. The Balaban J connectivity index is 1.27. The van der Waals surface area contributed by atoms with E-state index >= 15 is 0 Å². The number of nitrogens with zero attached hydrogens (tertiary/aromatic N) is 2. The van der Waals surface area contributed by atoms with E-state index in [1.165, 1.54) is 0 Å². The minimum atomic E-state index is -0.224. The molecule has 0 aromatic heterocycles. The number of hydrogen-bond donors (Lipinski definition) is 1. The third-order valence-corrected chi connectivity index (χ3v) is 6.54. The van der Waals surface area contributed by atoms with Crippen LogP contribution < -0.4 is 14.8 Å². The summed E-state index contributed by atoms with van der Waals surface area (Å²) in [6, 6.07) is 6.15. The molecule has 0 unspecified atom stereocenters. The fourth-order valence-electron chi connectivity index (χ4n) is 4.46. The van der Waals surface area contributed by atoms with Crippen molar-refractivity contribution in [1.82, 2.24) is 15.1 Å². The first kappa shape index (κ1) is 20.8. The van der Waals surface area contributed by atoms with Crippen molar-refractivity contribution in [3.05, 3.63) is 23.8 Å². The maximum atomic E-state index is 12.8. The van der Waals surface area contributed by atoms with Gasteiger partial charge in [-0.1, -0.05) is 19.9 Å². The summed E-state index contributed by atoms with van der Waals surface area (Å²) >= 11 is 0. The summed E-state index contributed by atoms with van der Waals surface area (Å²) in [5.41, 5.74) is 0.885. The minimum Gasteiger partial charge on any atom is -0.486 e. The van der Waals surface area contributed by atoms with Gasteiger partial charge in [-0.25, -0.2) is 4.79 Å². The van der Waals surface area contributed by atoms with E-state index in [4.69, 9.17) is 9.47 Å². The van der Waals surface area contributed by atoms with Crippen LogP contribution in [-0.2, 0) is 10.2 Å². The maximum absolute atomic E-state index is 12.8. The van der Waals surface area contributed by atoms with Gasteiger partial charge in [0.2, 0.25) is 5.91 Å². The van der Waals surface area contributed by atoms with Gasteiger partial charge in [-0.15, -0.1) is 0 Å². The smallest absolute Gasteiger partial charge is 0.319 e. The Morgan fingerprint density at radius 3 is 2.33 bits per heavy atom. The van der Waals surface area contributed by atoms with E-state index < -0.39 is 0 Å². The number of ether oxygens (including phenoxy) is 2. The number of likely N-dealkylation sites (tertiary alicyclic amines) is 2. The van der Waals surface area contributed by atoms with Crippen LogP contribution in [-0.4, -0.2) is 67.7 Å². The number of urea groups is 1.